The van der Waals surface area contributed by atoms with E-state index in [9.17, 15) is 9.59 Å². The minimum Gasteiger partial charge on any atom is -0.376 e. The second-order valence-corrected chi connectivity index (χ2v) is 4.78. The first-order valence-corrected chi connectivity index (χ1v) is 5.68. The highest BCUT2D eigenvalue weighted by atomic mass is 16.5. The molecule has 3 atom stereocenters. The molecule has 2 rings (SSSR count). The molecule has 2 aliphatic rings. The molecule has 0 aromatic carbocycles. The number of piperazine rings is 1. The second kappa shape index (κ2) is 3.73. The average molecular weight is 226 g/mol. The van der Waals surface area contributed by atoms with Crippen molar-refractivity contribution in [3.8, 4) is 0 Å². The van der Waals surface area contributed by atoms with Gasteiger partial charge in [0, 0.05) is 6.61 Å². The van der Waals surface area contributed by atoms with E-state index in [1.54, 1.807) is 11.8 Å². The van der Waals surface area contributed by atoms with Gasteiger partial charge in [0.15, 0.2) is 0 Å². The summed E-state index contributed by atoms with van der Waals surface area (Å²) < 4.78 is 5.53. The summed E-state index contributed by atoms with van der Waals surface area (Å²) in [5, 5.41) is 2.60. The first-order valence-electron chi connectivity index (χ1n) is 5.68. The molecule has 2 amide bonds. The van der Waals surface area contributed by atoms with E-state index in [0.717, 1.165) is 6.42 Å². The summed E-state index contributed by atoms with van der Waals surface area (Å²) in [5.41, 5.74) is -0.353. The molecule has 0 spiro atoms. The summed E-state index contributed by atoms with van der Waals surface area (Å²) in [6.45, 7) is 6.47. The van der Waals surface area contributed by atoms with Gasteiger partial charge in [-0.2, -0.15) is 0 Å². The number of carbonyl (C=O) groups excluding carboxylic acids is 2. The number of carbonyl (C=O) groups is 2. The minimum absolute atomic E-state index is 0.0213. The zero-order chi connectivity index (χ0) is 11.9. The fourth-order valence-corrected chi connectivity index (χ4v) is 2.60. The lowest BCUT2D eigenvalue weighted by Gasteiger charge is -2.45. The predicted octanol–water partition coefficient (Wildman–Crippen LogP) is -0.0992. The lowest BCUT2D eigenvalue weighted by Crippen LogP contribution is -2.66. The van der Waals surface area contributed by atoms with Crippen LogP contribution in [0.15, 0.2) is 0 Å². The summed E-state index contributed by atoms with van der Waals surface area (Å²) >= 11 is 0. The van der Waals surface area contributed by atoms with E-state index >= 15 is 0 Å². The summed E-state index contributed by atoms with van der Waals surface area (Å²) in [7, 11) is 0. The lowest BCUT2D eigenvalue weighted by atomic mass is 9.89. The monoisotopic (exact) mass is 226 g/mol. The summed E-state index contributed by atoms with van der Waals surface area (Å²) in [5.74, 6) is -0.105. The van der Waals surface area contributed by atoms with Crippen molar-refractivity contribution in [1.29, 1.82) is 0 Å². The highest BCUT2D eigenvalue weighted by molar-refractivity contribution is 5.95. The van der Waals surface area contributed by atoms with Crippen LogP contribution in [0.3, 0.4) is 0 Å². The molecule has 2 heterocycles. The Hall–Kier alpha value is -1.10. The Kier molecular flexibility index (Phi) is 2.66. The van der Waals surface area contributed by atoms with Crippen molar-refractivity contribution in [3.63, 3.8) is 0 Å². The van der Waals surface area contributed by atoms with Gasteiger partial charge in [-0.25, -0.2) is 0 Å². The fourth-order valence-electron chi connectivity index (χ4n) is 2.60. The SMILES string of the molecule is CC1C(=O)NCC(=O)N1C1(C)CCOC1C. The van der Waals surface area contributed by atoms with Crippen molar-refractivity contribution in [1.82, 2.24) is 10.2 Å². The highest BCUT2D eigenvalue weighted by Crippen LogP contribution is 2.34. The lowest BCUT2D eigenvalue weighted by molar-refractivity contribution is -0.153. The Morgan fingerprint density at radius 3 is 2.69 bits per heavy atom. The number of nitrogens with zero attached hydrogens (tertiary/aromatic N) is 1. The zero-order valence-corrected chi connectivity index (χ0v) is 9.95. The molecule has 90 valence electrons. The molecule has 2 saturated heterocycles. The van der Waals surface area contributed by atoms with Crippen LogP contribution in [0.5, 0.6) is 0 Å². The van der Waals surface area contributed by atoms with Crippen LogP contribution in [-0.4, -0.2) is 47.6 Å². The molecule has 16 heavy (non-hydrogen) atoms. The Bertz CT molecular complexity index is 331. The standard InChI is InChI=1S/C11H18N2O3/c1-7-10(15)12-6-9(14)13(7)11(3)4-5-16-8(11)2/h7-8H,4-6H2,1-3H3,(H,12,15). The van der Waals surface area contributed by atoms with E-state index in [-0.39, 0.29) is 30.0 Å². The van der Waals surface area contributed by atoms with Crippen LogP contribution in [0.1, 0.15) is 27.2 Å². The van der Waals surface area contributed by atoms with Crippen LogP contribution in [0.4, 0.5) is 0 Å². The predicted molar refractivity (Wildman–Crippen MR) is 57.8 cm³/mol. The van der Waals surface area contributed by atoms with Gasteiger partial charge in [-0.3, -0.25) is 9.59 Å². The Morgan fingerprint density at radius 2 is 2.12 bits per heavy atom. The molecule has 5 nitrogen and oxygen atoms in total. The van der Waals surface area contributed by atoms with Crippen LogP contribution in [-0.2, 0) is 14.3 Å². The van der Waals surface area contributed by atoms with E-state index in [4.69, 9.17) is 4.74 Å². The summed E-state index contributed by atoms with van der Waals surface area (Å²) in [6, 6.07) is -0.407. The third-order valence-corrected chi connectivity index (χ3v) is 3.85. The molecule has 3 unspecified atom stereocenters. The number of rotatable bonds is 1. The fraction of sp³-hybridized carbons (Fsp3) is 0.818. The largest absolute Gasteiger partial charge is 0.376 e. The first kappa shape index (κ1) is 11.4. The number of nitrogens with one attached hydrogen (secondary N) is 1. The van der Waals surface area contributed by atoms with E-state index in [2.05, 4.69) is 5.32 Å². The van der Waals surface area contributed by atoms with Gasteiger partial charge in [0.2, 0.25) is 11.8 Å². The number of hydrogen-bond donors (Lipinski definition) is 1. The number of ether oxygens (including phenoxy) is 1. The average Bonchev–Trinajstić information content (AvgIpc) is 2.55. The quantitative estimate of drug-likeness (QED) is 0.679. The van der Waals surface area contributed by atoms with Gasteiger partial charge in [0.25, 0.3) is 0 Å². The van der Waals surface area contributed by atoms with E-state index in [1.807, 2.05) is 13.8 Å². The van der Waals surface area contributed by atoms with Gasteiger partial charge in [0.1, 0.15) is 6.04 Å². The maximum Gasteiger partial charge on any atom is 0.243 e. The molecule has 0 aromatic heterocycles. The van der Waals surface area contributed by atoms with Gasteiger partial charge in [-0.05, 0) is 27.2 Å². The molecular weight excluding hydrogens is 208 g/mol. The molecule has 0 bridgehead atoms. The van der Waals surface area contributed by atoms with Gasteiger partial charge in [-0.1, -0.05) is 0 Å². The normalized spacial score (nSPS) is 40.1. The maximum absolute atomic E-state index is 11.9. The van der Waals surface area contributed by atoms with Gasteiger partial charge in [0.05, 0.1) is 18.2 Å². The Morgan fingerprint density at radius 1 is 1.44 bits per heavy atom. The van der Waals surface area contributed by atoms with Crippen molar-refractivity contribution in [2.75, 3.05) is 13.2 Å². The number of hydrogen-bond acceptors (Lipinski definition) is 3. The van der Waals surface area contributed by atoms with E-state index in [0.29, 0.717) is 6.61 Å². The van der Waals surface area contributed by atoms with Crippen molar-refractivity contribution in [3.05, 3.63) is 0 Å². The molecule has 0 aromatic rings. The van der Waals surface area contributed by atoms with Crippen LogP contribution < -0.4 is 5.32 Å². The molecule has 5 heteroatoms. The molecule has 0 aliphatic carbocycles. The second-order valence-electron chi connectivity index (χ2n) is 4.78. The van der Waals surface area contributed by atoms with E-state index < -0.39 is 6.04 Å². The van der Waals surface area contributed by atoms with Gasteiger partial charge in [-0.15, -0.1) is 0 Å². The van der Waals surface area contributed by atoms with Crippen molar-refractivity contribution < 1.29 is 14.3 Å². The minimum atomic E-state index is -0.407. The summed E-state index contributed by atoms with van der Waals surface area (Å²) in [6.07, 6.45) is 0.766. The zero-order valence-electron chi connectivity index (χ0n) is 9.95. The van der Waals surface area contributed by atoms with Crippen LogP contribution in [0.25, 0.3) is 0 Å². The molecular formula is C11H18N2O3. The highest BCUT2D eigenvalue weighted by Gasteiger charge is 2.49. The van der Waals surface area contributed by atoms with Crippen molar-refractivity contribution >= 4 is 11.8 Å². The van der Waals surface area contributed by atoms with Crippen LogP contribution in [0, 0.1) is 0 Å². The maximum atomic E-state index is 11.9. The first-order chi connectivity index (χ1) is 7.47. The molecule has 2 fully saturated rings. The van der Waals surface area contributed by atoms with Gasteiger partial charge < -0.3 is 15.0 Å². The van der Waals surface area contributed by atoms with Crippen molar-refractivity contribution in [2.24, 2.45) is 0 Å². The Labute approximate surface area is 95.1 Å². The van der Waals surface area contributed by atoms with E-state index in [1.165, 1.54) is 0 Å². The van der Waals surface area contributed by atoms with Crippen LogP contribution in [0.2, 0.25) is 0 Å². The molecule has 2 aliphatic heterocycles. The topological polar surface area (TPSA) is 58.6 Å². The van der Waals surface area contributed by atoms with Gasteiger partial charge >= 0.3 is 0 Å². The summed E-state index contributed by atoms with van der Waals surface area (Å²) in [4.78, 5) is 25.3. The smallest absolute Gasteiger partial charge is 0.243 e. The third-order valence-electron chi connectivity index (χ3n) is 3.85. The molecule has 0 radical (unpaired) electrons. The number of amides is 2. The van der Waals surface area contributed by atoms with Crippen molar-refractivity contribution in [2.45, 2.75) is 44.9 Å². The third kappa shape index (κ3) is 1.50. The molecule has 0 saturated carbocycles. The molecule has 1 N–H and O–H groups in total. The Balaban J connectivity index is 2.29. The van der Waals surface area contributed by atoms with Crippen LogP contribution >= 0.6 is 0 Å².